The molecule has 0 aromatic carbocycles. The topological polar surface area (TPSA) is 58.8 Å². The Morgan fingerprint density at radius 1 is 1.25 bits per heavy atom. The van der Waals surface area contributed by atoms with E-state index in [1.165, 1.54) is 0 Å². The van der Waals surface area contributed by atoms with Crippen molar-refractivity contribution in [3.8, 4) is 6.57 Å². The van der Waals surface area contributed by atoms with Gasteiger partial charge < -0.3 is 6.15 Å². The minimum atomic E-state index is 0. The maximum Gasteiger partial charge on any atom is 0.0462 e. The Bertz CT molecular complexity index is 10.8. The van der Waals surface area contributed by atoms with Gasteiger partial charge in [0.15, 0.2) is 0 Å². The molecule has 3 N–H and O–H groups in total. The Labute approximate surface area is 40.9 Å². The molecule has 0 fully saturated rings. The molecule has 2 nitrogen and oxygen atoms in total. The van der Waals surface area contributed by atoms with Gasteiger partial charge in [0, 0.05) is 29.0 Å². The maximum atomic E-state index is 6.50. The summed E-state index contributed by atoms with van der Waals surface area (Å²) in [6.45, 7) is 3.50. The molecule has 0 aromatic rings. The van der Waals surface area contributed by atoms with E-state index in [9.17, 15) is 0 Å². The van der Waals surface area contributed by atoms with Crippen LogP contribution in [-0.4, -0.2) is 0 Å². The van der Waals surface area contributed by atoms with Crippen molar-refractivity contribution in [3.05, 3.63) is 0 Å². The Morgan fingerprint density at radius 3 is 1.25 bits per heavy atom. The fourth-order valence-electron chi connectivity index (χ4n) is 0. The Balaban J connectivity index is -0.00000000500. The first-order chi connectivity index (χ1) is 1.00. The van der Waals surface area contributed by atoms with Crippen molar-refractivity contribution in [3.63, 3.8) is 0 Å². The summed E-state index contributed by atoms with van der Waals surface area (Å²) in [5.74, 6) is 0. The zero-order valence-corrected chi connectivity index (χ0v) is 4.20. The number of nitriles is 1. The van der Waals surface area contributed by atoms with Crippen LogP contribution in [0.2, 0.25) is 0 Å². The molecule has 0 spiro atoms. The second-order valence-electron chi connectivity index (χ2n) is 0. The summed E-state index contributed by atoms with van der Waals surface area (Å²) < 4.78 is 0. The van der Waals surface area contributed by atoms with Crippen LogP contribution in [0.1, 0.15) is 0 Å². The molecule has 0 aliphatic carbocycles. The molecular weight excluding hydrogens is 237 g/mol. The van der Waals surface area contributed by atoms with Crippen LogP contribution in [0.25, 0.3) is 0 Å². The summed E-state index contributed by atoms with van der Waals surface area (Å²) in [4.78, 5) is 0. The standard InChI is InChI=1S/CHN.Au.H3N/c1-2;;/h1H;;1H3. The van der Waals surface area contributed by atoms with Gasteiger partial charge >= 0.3 is 0 Å². The number of nitrogens with zero attached hydrogens (tertiary/aromatic N) is 1. The van der Waals surface area contributed by atoms with Gasteiger partial charge in [0.1, 0.15) is 0 Å². The molecule has 0 atom stereocenters. The third-order valence-corrected chi connectivity index (χ3v) is 0. The van der Waals surface area contributed by atoms with Crippen molar-refractivity contribution in [2.24, 2.45) is 0 Å². The molecule has 0 amide bonds. The number of hydrogen-bond donors (Lipinski definition) is 1. The van der Waals surface area contributed by atoms with E-state index >= 15 is 0 Å². The Morgan fingerprint density at radius 2 is 1.25 bits per heavy atom. The fraction of sp³-hybridized carbons (Fsp3) is 0. The van der Waals surface area contributed by atoms with Gasteiger partial charge in [-0.2, -0.15) is 0 Å². The van der Waals surface area contributed by atoms with Crippen LogP contribution in [0.5, 0.6) is 0 Å². The van der Waals surface area contributed by atoms with E-state index < -0.39 is 0 Å². The molecule has 0 saturated heterocycles. The minimum Gasteiger partial charge on any atom is -0.344 e. The van der Waals surface area contributed by atoms with Crippen LogP contribution in [0.15, 0.2) is 0 Å². The van der Waals surface area contributed by atoms with Crippen molar-refractivity contribution in [2.45, 2.75) is 0 Å². The summed E-state index contributed by atoms with van der Waals surface area (Å²) in [5.41, 5.74) is 0. The number of rotatable bonds is 0. The van der Waals surface area contributed by atoms with Crippen LogP contribution < -0.4 is 6.15 Å². The molecule has 29 valence electrons. The molecule has 0 aliphatic heterocycles. The van der Waals surface area contributed by atoms with E-state index in [2.05, 4.69) is 6.57 Å². The average molecular weight is 241 g/mol. The molecule has 3 heteroatoms. The fourth-order valence-corrected chi connectivity index (χ4v) is 0. The van der Waals surface area contributed by atoms with Crippen molar-refractivity contribution in [1.82, 2.24) is 6.15 Å². The van der Waals surface area contributed by atoms with E-state index in [0.717, 1.165) is 0 Å². The molecule has 0 aliphatic rings. The molecule has 0 aromatic heterocycles. The second kappa shape index (κ2) is 423. The minimum absolute atomic E-state index is 0. The smallest absolute Gasteiger partial charge is 0.0462 e. The molecule has 0 saturated carbocycles. The summed E-state index contributed by atoms with van der Waals surface area (Å²) >= 11 is 0. The van der Waals surface area contributed by atoms with Crippen LogP contribution >= 0.6 is 0 Å². The second-order valence-corrected chi connectivity index (χ2v) is 0. The van der Waals surface area contributed by atoms with Crippen LogP contribution in [0.3, 0.4) is 0 Å². The van der Waals surface area contributed by atoms with Gasteiger partial charge in [-0.3, -0.25) is 0 Å². The molecule has 0 rings (SSSR count). The summed E-state index contributed by atoms with van der Waals surface area (Å²) in [7, 11) is 0. The van der Waals surface area contributed by atoms with Crippen LogP contribution in [-0.2, 0) is 22.4 Å². The van der Waals surface area contributed by atoms with Gasteiger partial charge in [-0.1, -0.05) is 0 Å². The van der Waals surface area contributed by atoms with Crippen molar-refractivity contribution in [1.29, 1.82) is 5.26 Å². The largest absolute Gasteiger partial charge is 0.344 e. The predicted octanol–water partition coefficient (Wildman–Crippen LogP) is 0.299. The molecule has 1 radical (unpaired) electrons. The van der Waals surface area contributed by atoms with Crippen molar-refractivity contribution < 1.29 is 22.4 Å². The molecule has 0 bridgehead atoms. The zero-order valence-electron chi connectivity index (χ0n) is 2.03. The summed E-state index contributed by atoms with van der Waals surface area (Å²) in [5, 5.41) is 6.50. The van der Waals surface area contributed by atoms with Crippen molar-refractivity contribution in [2.75, 3.05) is 0 Å². The quantitative estimate of drug-likeness (QED) is 0.620. The Hall–Kier alpha value is 0.190. The van der Waals surface area contributed by atoms with Gasteiger partial charge in [0.2, 0.25) is 0 Å². The van der Waals surface area contributed by atoms with Gasteiger partial charge in [0.05, 0.1) is 0 Å². The normalized spacial score (nSPS) is 0.500. The Kier molecular flexibility index (Phi) is 3180. The molecular formula is CH4AuN2. The van der Waals surface area contributed by atoms with E-state index in [4.69, 9.17) is 5.26 Å². The van der Waals surface area contributed by atoms with E-state index in [0.29, 0.717) is 0 Å². The van der Waals surface area contributed by atoms with Crippen molar-refractivity contribution >= 4 is 0 Å². The predicted molar refractivity (Wildman–Crippen MR) is 11.7 cm³/mol. The third kappa shape index (κ3) is 85.7. The monoisotopic (exact) mass is 241 g/mol. The van der Waals surface area contributed by atoms with E-state index in [-0.39, 0.29) is 28.5 Å². The maximum absolute atomic E-state index is 6.50. The first kappa shape index (κ1) is 30.1. The zero-order chi connectivity index (χ0) is 2.00. The molecule has 0 unspecified atom stereocenters. The number of hydrogen-bond acceptors (Lipinski definition) is 2. The van der Waals surface area contributed by atoms with Gasteiger partial charge in [-0.05, 0) is 0 Å². The SMILES string of the molecule is C#N.N.[Au]. The van der Waals surface area contributed by atoms with Gasteiger partial charge in [-0.25, -0.2) is 5.26 Å². The van der Waals surface area contributed by atoms with Gasteiger partial charge in [0.25, 0.3) is 0 Å². The first-order valence-corrected chi connectivity index (χ1v) is 0.258. The summed E-state index contributed by atoms with van der Waals surface area (Å²) in [6.07, 6.45) is 0. The van der Waals surface area contributed by atoms with Crippen LogP contribution in [0.4, 0.5) is 0 Å². The average Bonchev–Trinajstić information content (AvgIpc) is 1.00. The molecule has 4 heavy (non-hydrogen) atoms. The van der Waals surface area contributed by atoms with E-state index in [1.54, 1.807) is 0 Å². The van der Waals surface area contributed by atoms with Gasteiger partial charge in [-0.15, -0.1) is 0 Å². The summed E-state index contributed by atoms with van der Waals surface area (Å²) in [6, 6.07) is 0. The third-order valence-electron chi connectivity index (χ3n) is 0. The first-order valence-electron chi connectivity index (χ1n) is 0.258. The molecule has 0 heterocycles. The van der Waals surface area contributed by atoms with Crippen LogP contribution in [0, 0.1) is 11.8 Å². The van der Waals surface area contributed by atoms with E-state index in [1.807, 2.05) is 0 Å².